The minimum absolute atomic E-state index is 0.250. The van der Waals surface area contributed by atoms with Crippen molar-refractivity contribution < 1.29 is 14.7 Å². The number of hydrogen-bond donors (Lipinski definition) is 1. The Morgan fingerprint density at radius 3 is 0.667 bits per heavy atom. The molecule has 0 unspecified atom stereocenters. The maximum atomic E-state index is 6.36. The van der Waals surface area contributed by atoms with Gasteiger partial charge >= 0.3 is 38.0 Å². The van der Waals surface area contributed by atoms with Crippen LogP contribution >= 0.6 is 19.4 Å². The maximum absolute atomic E-state index is 6.36. The predicted molar refractivity (Wildman–Crippen MR) is 91.2 cm³/mol. The molecule has 0 radical (unpaired) electrons. The summed E-state index contributed by atoms with van der Waals surface area (Å²) in [5.74, 6) is 0. The van der Waals surface area contributed by atoms with Gasteiger partial charge in [-0.25, -0.2) is 0 Å². The zero-order chi connectivity index (χ0) is 16.2. The Balaban J connectivity index is -0.0000000739. The molecule has 0 aliphatic heterocycles. The average Bonchev–Trinajstić information content (AvgIpc) is 1.71. The summed E-state index contributed by atoms with van der Waals surface area (Å²) in [6, 6.07) is 0. The van der Waals surface area contributed by atoms with Crippen molar-refractivity contribution in [1.29, 1.82) is 3.91 Å². The predicted octanol–water partition coefficient (Wildman–Crippen LogP) is 6.78. The molecule has 0 atom stereocenters. The fourth-order valence-electron chi connectivity index (χ4n) is 0. The molecule has 115 valence electrons. The molecule has 0 saturated carbocycles. The van der Waals surface area contributed by atoms with E-state index in [-0.39, 0.29) is 16.2 Å². The van der Waals surface area contributed by atoms with Gasteiger partial charge in [0.25, 0.3) is 0 Å². The molecule has 0 aliphatic rings. The van der Waals surface area contributed by atoms with E-state index in [2.05, 4.69) is 102 Å². The van der Waals surface area contributed by atoms with Crippen LogP contribution in [0.1, 0.15) is 62.3 Å². The van der Waals surface area contributed by atoms with Gasteiger partial charge in [-0.3, -0.25) is 0 Å². The van der Waals surface area contributed by atoms with Crippen LogP contribution in [0.15, 0.2) is 0 Å². The van der Waals surface area contributed by atoms with Gasteiger partial charge < -0.3 is 20.8 Å². The topological polar surface area (TPSA) is 23.9 Å². The summed E-state index contributed by atoms with van der Waals surface area (Å²) in [4.78, 5) is 0. The summed E-state index contributed by atoms with van der Waals surface area (Å²) in [6.45, 7) is 30.0. The normalized spacial score (nSPS) is 10.7. The van der Waals surface area contributed by atoms with Crippen LogP contribution in [0.25, 0.3) is 0 Å². The van der Waals surface area contributed by atoms with Crippen molar-refractivity contribution in [2.24, 2.45) is 16.2 Å². The zero-order valence-electron chi connectivity index (χ0n) is 13.9. The molecule has 18 heavy (non-hydrogen) atoms. The summed E-state index contributed by atoms with van der Waals surface area (Å²) in [6.07, 6.45) is 0. The summed E-state index contributed by atoms with van der Waals surface area (Å²) in [5, 5.41) is 0. The molecule has 0 rings (SSSR count). The van der Waals surface area contributed by atoms with Gasteiger partial charge in [0.2, 0.25) is 0 Å². The summed E-state index contributed by atoms with van der Waals surface area (Å²) >= 11 is 1.59. The van der Waals surface area contributed by atoms with Crippen LogP contribution in [0.2, 0.25) is 0 Å². The van der Waals surface area contributed by atoms with Crippen LogP contribution in [0.3, 0.4) is 0 Å². The van der Waals surface area contributed by atoms with E-state index in [4.69, 9.17) is 3.91 Å². The van der Waals surface area contributed by atoms with Gasteiger partial charge in [0.15, 0.2) is 0 Å². The Hall–Kier alpha value is 1.22. The number of nitrogens with one attached hydrogen (secondary N) is 1. The van der Waals surface area contributed by atoms with Crippen LogP contribution in [-0.2, 0) is 14.7 Å². The molecule has 0 spiro atoms. The Kier molecular flexibility index (Phi) is 20.2. The first-order valence-corrected chi connectivity index (χ1v) is 15.7. The van der Waals surface area contributed by atoms with Gasteiger partial charge in [0, 0.05) is 0 Å². The number of rotatable bonds is 0. The molecule has 1 N–H and O–H groups in total. The fraction of sp³-hybridized carbons (Fsp3) is 0.800. The molecule has 0 heterocycles. The van der Waals surface area contributed by atoms with Crippen LogP contribution in [0, 0.1) is 40.9 Å². The van der Waals surface area contributed by atoms with Crippen molar-refractivity contribution in [3.63, 3.8) is 0 Å². The molecular weight excluding hydrogens is 505 g/mol. The van der Waals surface area contributed by atoms with Gasteiger partial charge in [-0.2, -0.15) is 16.2 Å². The molecule has 0 aromatic heterocycles. The molecule has 0 saturated heterocycles. The Morgan fingerprint density at radius 1 is 0.667 bits per heavy atom. The number of hydrogen-bond acceptors (Lipinski definition) is 1. The van der Waals surface area contributed by atoms with Crippen LogP contribution in [-0.4, -0.2) is 0 Å². The van der Waals surface area contributed by atoms with E-state index in [1.165, 1.54) is 0 Å². The van der Waals surface area contributed by atoms with Crippen molar-refractivity contribution in [3.8, 4) is 0 Å². The third kappa shape index (κ3) is 3050. The zero-order valence-corrected chi connectivity index (χ0v) is 19.0. The van der Waals surface area contributed by atoms with E-state index in [9.17, 15) is 0 Å². The summed E-state index contributed by atoms with van der Waals surface area (Å²) in [7, 11) is 0. The monoisotopic (exact) mass is 539 g/mol. The third-order valence-corrected chi connectivity index (χ3v) is 0. The Morgan fingerprint density at radius 2 is 0.667 bits per heavy atom. The van der Waals surface area contributed by atoms with Gasteiger partial charge in [0.05, 0.1) is 0 Å². The quantitative estimate of drug-likeness (QED) is 0.259. The molecule has 0 aliphatic carbocycles. The molecule has 0 fully saturated rings. The summed E-state index contributed by atoms with van der Waals surface area (Å²) in [5.41, 5.74) is 0.750. The van der Waals surface area contributed by atoms with Gasteiger partial charge in [-0.15, -0.1) is 0 Å². The van der Waals surface area contributed by atoms with Crippen molar-refractivity contribution in [1.82, 2.24) is 0 Å². The molecule has 3 heteroatoms. The first-order chi connectivity index (χ1) is 7.41. The van der Waals surface area contributed by atoms with Crippen molar-refractivity contribution in [3.05, 3.63) is 20.8 Å². The third-order valence-electron chi connectivity index (χ3n) is 0. The molecule has 1 nitrogen and oxygen atoms in total. The molecule has 0 bridgehead atoms. The minimum atomic E-state index is -0.530. The standard InChI is InChI=1S/3C5H11.HI.HN.W/c3*1-5(2,3)4;;;/h3*1H2,2-4H3;2*1H;/q3*-1;;;+1/p-1. The van der Waals surface area contributed by atoms with E-state index >= 15 is 0 Å². The first kappa shape index (κ1) is 27.5. The van der Waals surface area contributed by atoms with E-state index in [0.717, 1.165) is 0 Å². The van der Waals surface area contributed by atoms with E-state index in [1.807, 2.05) is 0 Å². The van der Waals surface area contributed by atoms with Crippen LogP contribution in [0.4, 0.5) is 0 Å². The van der Waals surface area contributed by atoms with Crippen molar-refractivity contribution in [2.45, 2.75) is 62.3 Å². The van der Waals surface area contributed by atoms with Gasteiger partial charge in [-0.1, -0.05) is 62.3 Å². The van der Waals surface area contributed by atoms with E-state index in [1.54, 1.807) is 0 Å². The molecule has 0 amide bonds. The van der Waals surface area contributed by atoms with Gasteiger partial charge in [-0.05, 0) is 0 Å². The first-order valence-electron chi connectivity index (χ1n) is 5.92. The SMILES string of the molecule is [CH2-]C(C)(C)C.[CH2-]C(C)(C)C.[CH2-]C(C)(C)C.[NH]=[W][I]. The van der Waals surface area contributed by atoms with Gasteiger partial charge in [0.1, 0.15) is 0 Å². The number of halogens is 1. The Bertz CT molecular complexity index is 124. The Labute approximate surface area is 136 Å². The van der Waals surface area contributed by atoms with Crippen LogP contribution in [0.5, 0.6) is 0 Å². The second kappa shape index (κ2) is 13.2. The molecular formula is C15H34INW-3. The average molecular weight is 539 g/mol. The fourth-order valence-corrected chi connectivity index (χ4v) is 0. The van der Waals surface area contributed by atoms with E-state index in [0.29, 0.717) is 0 Å². The molecule has 0 aromatic rings. The second-order valence-corrected chi connectivity index (χ2v) is 11.9. The van der Waals surface area contributed by atoms with Crippen molar-refractivity contribution in [2.75, 3.05) is 0 Å². The molecule has 0 aromatic carbocycles. The van der Waals surface area contributed by atoms with E-state index < -0.39 is 14.7 Å². The van der Waals surface area contributed by atoms with Crippen LogP contribution < -0.4 is 0 Å². The summed E-state index contributed by atoms with van der Waals surface area (Å²) < 4.78 is 6.36. The second-order valence-electron chi connectivity index (χ2n) is 7.76. The van der Waals surface area contributed by atoms with Crippen molar-refractivity contribution >= 4 is 19.4 Å².